The largest absolute Gasteiger partial charge is 0.462 e. The molecule has 0 saturated carbocycles. The fourth-order valence-corrected chi connectivity index (χ4v) is 2.59. The summed E-state index contributed by atoms with van der Waals surface area (Å²) in [5.74, 6) is -0.333. The lowest BCUT2D eigenvalue weighted by Gasteiger charge is -2.07. The minimum atomic E-state index is -0.333. The van der Waals surface area contributed by atoms with Gasteiger partial charge in [-0.15, -0.1) is 0 Å². The van der Waals surface area contributed by atoms with Crippen LogP contribution in [0.5, 0.6) is 0 Å². The lowest BCUT2D eigenvalue weighted by molar-refractivity contribution is 0.0529. The van der Waals surface area contributed by atoms with E-state index in [1.165, 1.54) is 0 Å². The fourth-order valence-electron chi connectivity index (χ4n) is 2.59. The third-order valence-electron chi connectivity index (χ3n) is 3.48. The Morgan fingerprint density at radius 2 is 1.95 bits per heavy atom. The van der Waals surface area contributed by atoms with Crippen molar-refractivity contribution in [2.45, 2.75) is 6.92 Å². The molecule has 0 aliphatic carbocycles. The number of rotatable bonds is 3. The summed E-state index contributed by atoms with van der Waals surface area (Å²) in [6.07, 6.45) is 1.69. The first-order valence-electron chi connectivity index (χ1n) is 6.90. The van der Waals surface area contributed by atoms with Gasteiger partial charge >= 0.3 is 5.97 Å². The Bertz CT molecular complexity index is 791. The molecule has 3 aromatic rings. The number of nitrogens with zero attached hydrogens (tertiary/aromatic N) is 2. The van der Waals surface area contributed by atoms with E-state index in [2.05, 4.69) is 4.98 Å². The standard InChI is InChI=1S/C17H16N2O2/c1-3-21-17(20)14-15-13(10-7-11-18-15)19(2)16(14)12-8-5-4-6-9-12/h4-11H,3H2,1-2H3. The second-order valence-corrected chi connectivity index (χ2v) is 4.74. The van der Waals surface area contributed by atoms with Crippen molar-refractivity contribution >= 4 is 17.0 Å². The predicted octanol–water partition coefficient (Wildman–Crippen LogP) is 3.42. The SMILES string of the molecule is CCOC(=O)c1c(-c2ccccc2)n(C)c2cccnc12. The van der Waals surface area contributed by atoms with Gasteiger partial charge in [0.25, 0.3) is 0 Å². The maximum Gasteiger partial charge on any atom is 0.342 e. The zero-order chi connectivity index (χ0) is 14.8. The molecule has 106 valence electrons. The molecule has 3 rings (SSSR count). The van der Waals surface area contributed by atoms with Crippen LogP contribution in [-0.2, 0) is 11.8 Å². The summed E-state index contributed by atoms with van der Waals surface area (Å²) >= 11 is 0. The molecule has 0 amide bonds. The molecule has 0 atom stereocenters. The molecule has 0 bridgehead atoms. The summed E-state index contributed by atoms with van der Waals surface area (Å²) in [5, 5.41) is 0. The van der Waals surface area contributed by atoms with Crippen LogP contribution in [0.1, 0.15) is 17.3 Å². The van der Waals surface area contributed by atoms with Crippen molar-refractivity contribution in [3.05, 3.63) is 54.2 Å². The van der Waals surface area contributed by atoms with E-state index < -0.39 is 0 Å². The zero-order valence-corrected chi connectivity index (χ0v) is 12.0. The molecular formula is C17H16N2O2. The number of pyridine rings is 1. The van der Waals surface area contributed by atoms with Crippen molar-refractivity contribution in [3.63, 3.8) is 0 Å². The molecule has 0 saturated heterocycles. The number of esters is 1. The van der Waals surface area contributed by atoms with E-state index in [9.17, 15) is 4.79 Å². The topological polar surface area (TPSA) is 44.1 Å². The lowest BCUT2D eigenvalue weighted by atomic mass is 10.1. The highest BCUT2D eigenvalue weighted by molar-refractivity contribution is 6.09. The number of benzene rings is 1. The molecule has 0 N–H and O–H groups in total. The molecule has 0 spiro atoms. The Morgan fingerprint density at radius 3 is 2.67 bits per heavy atom. The molecule has 1 aromatic carbocycles. The lowest BCUT2D eigenvalue weighted by Crippen LogP contribution is -2.07. The quantitative estimate of drug-likeness (QED) is 0.690. The Morgan fingerprint density at radius 1 is 1.19 bits per heavy atom. The van der Waals surface area contributed by atoms with E-state index >= 15 is 0 Å². The first-order chi connectivity index (χ1) is 10.2. The minimum absolute atomic E-state index is 0.333. The predicted molar refractivity (Wildman–Crippen MR) is 82.1 cm³/mol. The molecular weight excluding hydrogens is 264 g/mol. The summed E-state index contributed by atoms with van der Waals surface area (Å²) in [4.78, 5) is 16.8. The Balaban J connectivity index is 2.34. The number of fused-ring (bicyclic) bond motifs is 1. The fraction of sp³-hybridized carbons (Fsp3) is 0.176. The molecule has 4 heteroatoms. The van der Waals surface area contributed by atoms with Gasteiger partial charge in [-0.3, -0.25) is 4.98 Å². The number of aryl methyl sites for hydroxylation is 1. The summed E-state index contributed by atoms with van der Waals surface area (Å²) in [5.41, 5.74) is 3.93. The third-order valence-corrected chi connectivity index (χ3v) is 3.48. The van der Waals surface area contributed by atoms with Crippen molar-refractivity contribution in [2.75, 3.05) is 6.61 Å². The first-order valence-corrected chi connectivity index (χ1v) is 6.90. The summed E-state index contributed by atoms with van der Waals surface area (Å²) in [6, 6.07) is 13.6. The van der Waals surface area contributed by atoms with Crippen LogP contribution in [0.25, 0.3) is 22.3 Å². The summed E-state index contributed by atoms with van der Waals surface area (Å²) < 4.78 is 7.21. The highest BCUT2D eigenvalue weighted by atomic mass is 16.5. The second-order valence-electron chi connectivity index (χ2n) is 4.74. The third kappa shape index (κ3) is 2.18. The van der Waals surface area contributed by atoms with Gasteiger partial charge < -0.3 is 9.30 Å². The number of ether oxygens (including phenoxy) is 1. The van der Waals surface area contributed by atoms with Gasteiger partial charge in [-0.25, -0.2) is 4.79 Å². The molecule has 0 aliphatic rings. The van der Waals surface area contributed by atoms with Crippen molar-refractivity contribution in [2.24, 2.45) is 7.05 Å². The molecule has 0 aliphatic heterocycles. The van der Waals surface area contributed by atoms with Crippen LogP contribution in [0.4, 0.5) is 0 Å². The van der Waals surface area contributed by atoms with Gasteiger partial charge in [0, 0.05) is 13.2 Å². The van der Waals surface area contributed by atoms with E-state index in [4.69, 9.17) is 4.74 Å². The van der Waals surface area contributed by atoms with E-state index in [1.54, 1.807) is 13.1 Å². The van der Waals surface area contributed by atoms with E-state index in [0.717, 1.165) is 16.8 Å². The van der Waals surface area contributed by atoms with Gasteiger partial charge in [0.15, 0.2) is 0 Å². The van der Waals surface area contributed by atoms with Gasteiger partial charge in [0.2, 0.25) is 0 Å². The van der Waals surface area contributed by atoms with Gasteiger partial charge in [0.05, 0.1) is 17.8 Å². The first kappa shape index (κ1) is 13.4. The number of carbonyl (C=O) groups is 1. The van der Waals surface area contributed by atoms with Crippen molar-refractivity contribution in [3.8, 4) is 11.3 Å². The molecule has 4 nitrogen and oxygen atoms in total. The Labute approximate surface area is 123 Å². The zero-order valence-electron chi connectivity index (χ0n) is 12.0. The van der Waals surface area contributed by atoms with Crippen LogP contribution < -0.4 is 0 Å². The number of aromatic nitrogens is 2. The van der Waals surface area contributed by atoms with E-state index in [1.807, 2.05) is 54.1 Å². The normalized spacial score (nSPS) is 10.8. The van der Waals surface area contributed by atoms with Crippen molar-refractivity contribution in [1.82, 2.24) is 9.55 Å². The van der Waals surface area contributed by atoms with Crippen LogP contribution in [0.3, 0.4) is 0 Å². The van der Waals surface area contributed by atoms with Gasteiger partial charge in [-0.2, -0.15) is 0 Å². The van der Waals surface area contributed by atoms with Crippen molar-refractivity contribution < 1.29 is 9.53 Å². The average Bonchev–Trinajstić information content (AvgIpc) is 2.82. The summed E-state index contributed by atoms with van der Waals surface area (Å²) in [7, 11) is 1.94. The minimum Gasteiger partial charge on any atom is -0.462 e. The molecule has 0 unspecified atom stereocenters. The van der Waals surface area contributed by atoms with Crippen molar-refractivity contribution in [1.29, 1.82) is 0 Å². The van der Waals surface area contributed by atoms with Crippen LogP contribution in [0.2, 0.25) is 0 Å². The molecule has 2 heterocycles. The Kier molecular flexibility index (Phi) is 3.44. The van der Waals surface area contributed by atoms with Crippen LogP contribution in [0, 0.1) is 0 Å². The summed E-state index contributed by atoms with van der Waals surface area (Å²) in [6.45, 7) is 2.15. The van der Waals surface area contributed by atoms with Crippen LogP contribution >= 0.6 is 0 Å². The molecule has 2 aromatic heterocycles. The van der Waals surface area contributed by atoms with Crippen LogP contribution in [-0.4, -0.2) is 22.1 Å². The highest BCUT2D eigenvalue weighted by Gasteiger charge is 2.23. The monoisotopic (exact) mass is 280 g/mol. The number of carbonyl (C=O) groups excluding carboxylic acids is 1. The number of hydrogen-bond acceptors (Lipinski definition) is 3. The molecule has 0 radical (unpaired) electrons. The van der Waals surface area contributed by atoms with Crippen LogP contribution in [0.15, 0.2) is 48.7 Å². The smallest absolute Gasteiger partial charge is 0.342 e. The average molecular weight is 280 g/mol. The number of hydrogen-bond donors (Lipinski definition) is 0. The maximum absolute atomic E-state index is 12.4. The highest BCUT2D eigenvalue weighted by Crippen LogP contribution is 2.32. The molecule has 21 heavy (non-hydrogen) atoms. The van der Waals surface area contributed by atoms with Gasteiger partial charge in [-0.1, -0.05) is 30.3 Å². The van der Waals surface area contributed by atoms with E-state index in [-0.39, 0.29) is 5.97 Å². The van der Waals surface area contributed by atoms with Gasteiger partial charge in [0.1, 0.15) is 11.1 Å². The Hall–Kier alpha value is -2.62. The maximum atomic E-state index is 12.4. The molecule has 0 fully saturated rings. The van der Waals surface area contributed by atoms with E-state index in [0.29, 0.717) is 17.7 Å². The second kappa shape index (κ2) is 5.40. The van der Waals surface area contributed by atoms with Gasteiger partial charge in [-0.05, 0) is 24.6 Å².